The summed E-state index contributed by atoms with van der Waals surface area (Å²) < 4.78 is 35.2. The average molecular weight is 299 g/mol. The first-order valence-electron chi connectivity index (χ1n) is 7.02. The van der Waals surface area contributed by atoms with Crippen molar-refractivity contribution in [3.05, 3.63) is 35.6 Å². The highest BCUT2D eigenvalue weighted by Crippen LogP contribution is 2.31. The molecule has 1 heterocycles. The lowest BCUT2D eigenvalue weighted by molar-refractivity contribution is 0.268. The van der Waals surface area contributed by atoms with Crippen molar-refractivity contribution in [2.75, 3.05) is 25.1 Å². The summed E-state index contributed by atoms with van der Waals surface area (Å²) in [5.74, 6) is 0.464. The molecule has 0 bridgehead atoms. The number of hydrogen-bond acceptors (Lipinski definition) is 3. The van der Waals surface area contributed by atoms with Crippen molar-refractivity contribution in [1.29, 1.82) is 0 Å². The van der Waals surface area contributed by atoms with E-state index in [1.807, 2.05) is 12.1 Å². The fourth-order valence-corrected chi connectivity index (χ4v) is 3.57. The van der Waals surface area contributed by atoms with Crippen LogP contribution in [0.1, 0.15) is 31.2 Å². The highest BCUT2D eigenvalue weighted by atomic mass is 32.2. The molecule has 0 radical (unpaired) electrons. The van der Waals surface area contributed by atoms with E-state index in [0.29, 0.717) is 18.4 Å². The molecule has 0 saturated carbocycles. The van der Waals surface area contributed by atoms with Gasteiger partial charge >= 0.3 is 0 Å². The summed E-state index contributed by atoms with van der Waals surface area (Å²) in [5, 5.41) is 0. The molecule has 1 aliphatic rings. The number of sulfone groups is 1. The van der Waals surface area contributed by atoms with Gasteiger partial charge in [0.05, 0.1) is 5.75 Å². The molecule has 1 fully saturated rings. The quantitative estimate of drug-likeness (QED) is 0.838. The first-order chi connectivity index (χ1) is 9.35. The lowest BCUT2D eigenvalue weighted by Gasteiger charge is -2.20. The molecule has 112 valence electrons. The van der Waals surface area contributed by atoms with Gasteiger partial charge in [-0.05, 0) is 49.9 Å². The summed E-state index contributed by atoms with van der Waals surface area (Å²) in [4.78, 5) is 2.33. The normalized spacial score (nSPS) is 24.1. The zero-order valence-corrected chi connectivity index (χ0v) is 12.9. The lowest BCUT2D eigenvalue weighted by Crippen LogP contribution is -2.29. The van der Waals surface area contributed by atoms with Crippen molar-refractivity contribution < 1.29 is 12.8 Å². The lowest BCUT2D eigenvalue weighted by atomic mass is 9.97. The molecule has 1 aliphatic heterocycles. The van der Waals surface area contributed by atoms with Crippen molar-refractivity contribution in [3.63, 3.8) is 0 Å². The minimum Gasteiger partial charge on any atom is -0.300 e. The van der Waals surface area contributed by atoms with E-state index >= 15 is 0 Å². The van der Waals surface area contributed by atoms with Crippen LogP contribution in [-0.2, 0) is 9.84 Å². The monoisotopic (exact) mass is 299 g/mol. The zero-order chi connectivity index (χ0) is 14.8. The van der Waals surface area contributed by atoms with Crippen LogP contribution in [0.4, 0.5) is 4.39 Å². The molecule has 5 heteroatoms. The summed E-state index contributed by atoms with van der Waals surface area (Å²) in [6.07, 6.45) is 3.01. The van der Waals surface area contributed by atoms with Crippen LogP contribution in [0.5, 0.6) is 0 Å². The number of rotatable bonds is 5. The van der Waals surface area contributed by atoms with Crippen molar-refractivity contribution in [1.82, 2.24) is 4.90 Å². The molecule has 1 aromatic rings. The SMILES string of the molecule is C[C@H]1C[C@@H](c2ccc(F)cc2)CN1CCCS(C)(=O)=O. The second-order valence-corrected chi connectivity index (χ2v) is 8.07. The maximum atomic E-state index is 12.9. The topological polar surface area (TPSA) is 37.4 Å². The minimum atomic E-state index is -2.87. The summed E-state index contributed by atoms with van der Waals surface area (Å²) in [7, 11) is -2.87. The van der Waals surface area contributed by atoms with Crippen molar-refractivity contribution in [2.45, 2.75) is 31.7 Å². The summed E-state index contributed by atoms with van der Waals surface area (Å²) >= 11 is 0. The highest BCUT2D eigenvalue weighted by molar-refractivity contribution is 7.90. The van der Waals surface area contributed by atoms with E-state index in [2.05, 4.69) is 11.8 Å². The fourth-order valence-electron chi connectivity index (χ4n) is 2.92. The second kappa shape index (κ2) is 6.22. The molecule has 0 N–H and O–H groups in total. The Bertz CT molecular complexity index is 541. The Labute approximate surface area is 120 Å². The molecular weight excluding hydrogens is 277 g/mol. The Hall–Kier alpha value is -0.940. The van der Waals surface area contributed by atoms with E-state index < -0.39 is 9.84 Å². The summed E-state index contributed by atoms with van der Waals surface area (Å²) in [6, 6.07) is 7.17. The number of halogens is 1. The fraction of sp³-hybridized carbons (Fsp3) is 0.600. The molecule has 0 spiro atoms. The molecule has 0 amide bonds. The Morgan fingerprint density at radius 3 is 2.55 bits per heavy atom. The van der Waals surface area contributed by atoms with Crippen LogP contribution in [0.3, 0.4) is 0 Å². The van der Waals surface area contributed by atoms with Gasteiger partial charge in [-0.25, -0.2) is 12.8 Å². The molecule has 0 aromatic heterocycles. The smallest absolute Gasteiger partial charge is 0.147 e. The first-order valence-corrected chi connectivity index (χ1v) is 9.08. The van der Waals surface area contributed by atoms with E-state index in [1.165, 1.54) is 24.0 Å². The third-order valence-corrected chi connectivity index (χ3v) is 5.04. The Morgan fingerprint density at radius 1 is 1.30 bits per heavy atom. The van der Waals surface area contributed by atoms with Crippen molar-refractivity contribution in [3.8, 4) is 0 Å². The van der Waals surface area contributed by atoms with Gasteiger partial charge in [0.15, 0.2) is 0 Å². The van der Waals surface area contributed by atoms with E-state index in [-0.39, 0.29) is 11.6 Å². The van der Waals surface area contributed by atoms with Gasteiger partial charge in [-0.1, -0.05) is 12.1 Å². The molecule has 2 atom stereocenters. The average Bonchev–Trinajstić information content (AvgIpc) is 2.70. The molecule has 0 aliphatic carbocycles. The van der Waals surface area contributed by atoms with E-state index in [0.717, 1.165) is 19.5 Å². The predicted octanol–water partition coefficient (Wildman–Crippen LogP) is 2.44. The van der Waals surface area contributed by atoms with Gasteiger partial charge < -0.3 is 0 Å². The Balaban J connectivity index is 1.90. The summed E-state index contributed by atoms with van der Waals surface area (Å²) in [6.45, 7) is 3.91. The third kappa shape index (κ3) is 4.28. The van der Waals surface area contributed by atoms with Crippen LogP contribution in [-0.4, -0.2) is 44.5 Å². The molecule has 2 rings (SSSR count). The van der Waals surface area contributed by atoms with Gasteiger partial charge in [-0.2, -0.15) is 0 Å². The predicted molar refractivity (Wildman–Crippen MR) is 79.1 cm³/mol. The standard InChI is InChI=1S/C15H22FNO2S/c1-12-10-14(13-4-6-15(16)7-5-13)11-17(12)8-3-9-20(2,18)19/h4-7,12,14H,3,8-11H2,1-2H3/t12-,14+/m0/s1. The van der Waals surface area contributed by atoms with Crippen molar-refractivity contribution >= 4 is 9.84 Å². The molecule has 3 nitrogen and oxygen atoms in total. The van der Waals surface area contributed by atoms with Crippen LogP contribution in [0.15, 0.2) is 24.3 Å². The first kappa shape index (κ1) is 15.4. The van der Waals surface area contributed by atoms with Gasteiger partial charge in [0.25, 0.3) is 0 Å². The zero-order valence-electron chi connectivity index (χ0n) is 12.0. The molecule has 20 heavy (non-hydrogen) atoms. The van der Waals surface area contributed by atoms with Crippen molar-refractivity contribution in [2.24, 2.45) is 0 Å². The Kier molecular flexibility index (Phi) is 4.81. The van der Waals surface area contributed by atoms with Gasteiger partial charge in [-0.3, -0.25) is 4.90 Å². The van der Waals surface area contributed by atoms with Crippen LogP contribution in [0.25, 0.3) is 0 Å². The largest absolute Gasteiger partial charge is 0.300 e. The second-order valence-electron chi connectivity index (χ2n) is 5.81. The van der Waals surface area contributed by atoms with Crippen LogP contribution >= 0.6 is 0 Å². The van der Waals surface area contributed by atoms with E-state index in [1.54, 1.807) is 0 Å². The van der Waals surface area contributed by atoms with Gasteiger partial charge in [0.1, 0.15) is 15.7 Å². The summed E-state index contributed by atoms with van der Waals surface area (Å²) in [5.41, 5.74) is 1.17. The molecular formula is C15H22FNO2S. The van der Waals surface area contributed by atoms with Gasteiger partial charge in [0, 0.05) is 18.8 Å². The maximum absolute atomic E-state index is 12.9. The number of likely N-dealkylation sites (tertiary alicyclic amines) is 1. The third-order valence-electron chi connectivity index (χ3n) is 4.01. The van der Waals surface area contributed by atoms with Gasteiger partial charge in [0.2, 0.25) is 0 Å². The van der Waals surface area contributed by atoms with E-state index in [9.17, 15) is 12.8 Å². The van der Waals surface area contributed by atoms with Crippen LogP contribution in [0, 0.1) is 5.82 Å². The molecule has 0 unspecified atom stereocenters. The van der Waals surface area contributed by atoms with Crippen LogP contribution in [0.2, 0.25) is 0 Å². The van der Waals surface area contributed by atoms with Crippen LogP contribution < -0.4 is 0 Å². The number of nitrogens with zero attached hydrogens (tertiary/aromatic N) is 1. The number of benzene rings is 1. The molecule has 1 aromatic carbocycles. The van der Waals surface area contributed by atoms with E-state index in [4.69, 9.17) is 0 Å². The maximum Gasteiger partial charge on any atom is 0.147 e. The minimum absolute atomic E-state index is 0.204. The molecule has 1 saturated heterocycles. The van der Waals surface area contributed by atoms with Gasteiger partial charge in [-0.15, -0.1) is 0 Å². The Morgan fingerprint density at radius 2 is 1.95 bits per heavy atom. The highest BCUT2D eigenvalue weighted by Gasteiger charge is 2.29. The number of hydrogen-bond donors (Lipinski definition) is 0.